The van der Waals surface area contributed by atoms with E-state index >= 15 is 0 Å². The second kappa shape index (κ2) is 5.01. The first-order valence-corrected chi connectivity index (χ1v) is 5.42. The standard InChI is InChI=1S/C11H13N3O4/c12-9-2-1-6(4-13-9)11(17)14-7(3-10(15)16)8-5-18-8/h1-2,4,7-8H,3,5H2,(H2,12,13)(H,14,17)(H,15,16)/t7-,8?/m0/s1. The van der Waals surface area contributed by atoms with Crippen LogP contribution in [0.1, 0.15) is 16.8 Å². The molecular weight excluding hydrogens is 238 g/mol. The van der Waals surface area contributed by atoms with Gasteiger partial charge in [0.25, 0.3) is 5.91 Å². The number of nitrogens with one attached hydrogen (secondary N) is 1. The number of aromatic nitrogens is 1. The number of carboxylic acid groups (broad SMARTS) is 1. The minimum Gasteiger partial charge on any atom is -0.481 e. The molecule has 0 spiro atoms. The highest BCUT2D eigenvalue weighted by molar-refractivity contribution is 5.94. The van der Waals surface area contributed by atoms with E-state index in [2.05, 4.69) is 10.3 Å². The molecule has 0 bridgehead atoms. The highest BCUT2D eigenvalue weighted by atomic mass is 16.6. The van der Waals surface area contributed by atoms with E-state index in [4.69, 9.17) is 15.6 Å². The van der Waals surface area contributed by atoms with Gasteiger partial charge < -0.3 is 20.9 Å². The van der Waals surface area contributed by atoms with Gasteiger partial charge in [-0.2, -0.15) is 0 Å². The Morgan fingerprint density at radius 1 is 1.61 bits per heavy atom. The zero-order chi connectivity index (χ0) is 13.1. The minimum absolute atomic E-state index is 0.168. The molecule has 96 valence electrons. The van der Waals surface area contributed by atoms with Crippen molar-refractivity contribution in [2.45, 2.75) is 18.6 Å². The lowest BCUT2D eigenvalue weighted by Gasteiger charge is -2.14. The Morgan fingerprint density at radius 3 is 2.83 bits per heavy atom. The number of rotatable bonds is 5. The van der Waals surface area contributed by atoms with E-state index in [1.54, 1.807) is 0 Å². The summed E-state index contributed by atoms with van der Waals surface area (Å²) in [7, 11) is 0. The zero-order valence-corrected chi connectivity index (χ0v) is 9.50. The number of carbonyl (C=O) groups is 2. The minimum atomic E-state index is -0.980. The van der Waals surface area contributed by atoms with E-state index < -0.39 is 12.0 Å². The maximum atomic E-state index is 11.8. The number of nitrogens with two attached hydrogens (primary N) is 1. The van der Waals surface area contributed by atoms with Crippen molar-refractivity contribution in [3.63, 3.8) is 0 Å². The fourth-order valence-corrected chi connectivity index (χ4v) is 1.54. The number of nitrogens with zero attached hydrogens (tertiary/aromatic N) is 1. The molecule has 2 heterocycles. The lowest BCUT2D eigenvalue weighted by molar-refractivity contribution is -0.137. The third-order valence-corrected chi connectivity index (χ3v) is 2.57. The molecule has 0 aromatic carbocycles. The molecule has 0 radical (unpaired) electrons. The van der Waals surface area contributed by atoms with Gasteiger partial charge in [0.1, 0.15) is 11.9 Å². The molecule has 1 aromatic heterocycles. The van der Waals surface area contributed by atoms with E-state index in [9.17, 15) is 9.59 Å². The molecule has 0 aliphatic carbocycles. The number of carbonyl (C=O) groups excluding carboxylic acids is 1. The summed E-state index contributed by atoms with van der Waals surface area (Å²) < 4.78 is 5.01. The molecule has 4 N–H and O–H groups in total. The van der Waals surface area contributed by atoms with Gasteiger partial charge in [0.05, 0.1) is 24.6 Å². The molecular formula is C11H13N3O4. The van der Waals surface area contributed by atoms with E-state index in [1.165, 1.54) is 18.3 Å². The zero-order valence-electron chi connectivity index (χ0n) is 9.50. The second-order valence-corrected chi connectivity index (χ2v) is 4.02. The summed E-state index contributed by atoms with van der Waals surface area (Å²) in [5, 5.41) is 11.4. The van der Waals surface area contributed by atoms with Crippen LogP contribution in [0, 0.1) is 0 Å². The van der Waals surface area contributed by atoms with Crippen molar-refractivity contribution in [1.82, 2.24) is 10.3 Å². The molecule has 1 aliphatic rings. The molecule has 1 fully saturated rings. The van der Waals surface area contributed by atoms with Gasteiger partial charge in [-0.3, -0.25) is 9.59 Å². The Kier molecular flexibility index (Phi) is 3.42. The summed E-state index contributed by atoms with van der Waals surface area (Å²) in [6.45, 7) is 0.470. The number of nitrogen functional groups attached to an aromatic ring is 1. The van der Waals surface area contributed by atoms with Gasteiger partial charge in [-0.15, -0.1) is 0 Å². The predicted octanol–water partition coefficient (Wildman–Crippen LogP) is -0.364. The van der Waals surface area contributed by atoms with Gasteiger partial charge in [0.15, 0.2) is 0 Å². The molecule has 2 atom stereocenters. The number of carboxylic acids is 1. The van der Waals surface area contributed by atoms with Crippen LogP contribution in [0.3, 0.4) is 0 Å². The van der Waals surface area contributed by atoms with Gasteiger partial charge in [0.2, 0.25) is 0 Å². The number of amides is 1. The number of hydrogen-bond acceptors (Lipinski definition) is 5. The van der Waals surface area contributed by atoms with E-state index in [-0.39, 0.29) is 18.4 Å². The van der Waals surface area contributed by atoms with Gasteiger partial charge >= 0.3 is 5.97 Å². The Bertz CT molecular complexity index is 456. The lowest BCUT2D eigenvalue weighted by atomic mass is 10.1. The lowest BCUT2D eigenvalue weighted by Crippen LogP contribution is -2.40. The summed E-state index contributed by atoms with van der Waals surface area (Å²) in [5.41, 5.74) is 5.75. The summed E-state index contributed by atoms with van der Waals surface area (Å²) in [4.78, 5) is 26.3. The number of anilines is 1. The van der Waals surface area contributed by atoms with Crippen LogP contribution >= 0.6 is 0 Å². The average molecular weight is 251 g/mol. The third kappa shape index (κ3) is 3.17. The topological polar surface area (TPSA) is 118 Å². The first kappa shape index (κ1) is 12.3. The Morgan fingerprint density at radius 2 is 2.33 bits per heavy atom. The van der Waals surface area contributed by atoms with Crippen molar-refractivity contribution in [2.24, 2.45) is 0 Å². The average Bonchev–Trinajstić information content (AvgIpc) is 3.12. The number of pyridine rings is 1. The van der Waals surface area contributed by atoms with Gasteiger partial charge in [-0.25, -0.2) is 4.98 Å². The number of aliphatic carboxylic acids is 1. The Hall–Kier alpha value is -2.15. The van der Waals surface area contributed by atoms with Crippen LogP contribution in [0.25, 0.3) is 0 Å². The number of epoxide rings is 1. The fourth-order valence-electron chi connectivity index (χ4n) is 1.54. The van der Waals surface area contributed by atoms with Gasteiger partial charge in [0, 0.05) is 6.20 Å². The fraction of sp³-hybridized carbons (Fsp3) is 0.364. The molecule has 7 heteroatoms. The van der Waals surface area contributed by atoms with Crippen molar-refractivity contribution < 1.29 is 19.4 Å². The first-order valence-electron chi connectivity index (χ1n) is 5.42. The molecule has 1 saturated heterocycles. The molecule has 2 rings (SSSR count). The van der Waals surface area contributed by atoms with Crippen LogP contribution in [-0.4, -0.2) is 40.7 Å². The van der Waals surface area contributed by atoms with Crippen molar-refractivity contribution in [1.29, 1.82) is 0 Å². The van der Waals surface area contributed by atoms with Crippen LogP contribution in [-0.2, 0) is 9.53 Å². The quantitative estimate of drug-likeness (QED) is 0.615. The monoisotopic (exact) mass is 251 g/mol. The van der Waals surface area contributed by atoms with Gasteiger partial charge in [-0.05, 0) is 12.1 Å². The largest absolute Gasteiger partial charge is 0.481 e. The highest BCUT2D eigenvalue weighted by Crippen LogP contribution is 2.17. The maximum Gasteiger partial charge on any atom is 0.305 e. The number of ether oxygens (including phenoxy) is 1. The molecule has 1 aliphatic heterocycles. The molecule has 1 amide bonds. The molecule has 0 saturated carbocycles. The number of hydrogen-bond donors (Lipinski definition) is 3. The van der Waals surface area contributed by atoms with Crippen molar-refractivity contribution >= 4 is 17.7 Å². The maximum absolute atomic E-state index is 11.8. The van der Waals surface area contributed by atoms with Crippen LogP contribution in [0.4, 0.5) is 5.82 Å². The van der Waals surface area contributed by atoms with Crippen LogP contribution in [0.5, 0.6) is 0 Å². The van der Waals surface area contributed by atoms with Crippen LogP contribution < -0.4 is 11.1 Å². The van der Waals surface area contributed by atoms with E-state index in [0.29, 0.717) is 18.0 Å². The Balaban J connectivity index is 2.00. The normalized spacial score (nSPS) is 19.0. The van der Waals surface area contributed by atoms with E-state index in [0.717, 1.165) is 0 Å². The third-order valence-electron chi connectivity index (χ3n) is 2.57. The highest BCUT2D eigenvalue weighted by Gasteiger charge is 2.35. The molecule has 1 aromatic rings. The first-order chi connectivity index (χ1) is 8.56. The van der Waals surface area contributed by atoms with Crippen molar-refractivity contribution in [2.75, 3.05) is 12.3 Å². The predicted molar refractivity (Wildman–Crippen MR) is 61.9 cm³/mol. The van der Waals surface area contributed by atoms with Crippen molar-refractivity contribution in [3.8, 4) is 0 Å². The van der Waals surface area contributed by atoms with E-state index in [1.807, 2.05) is 0 Å². The molecule has 1 unspecified atom stereocenters. The SMILES string of the molecule is Nc1ccc(C(=O)N[C@@H](CC(=O)O)C2CO2)cn1. The van der Waals surface area contributed by atoms with Gasteiger partial charge in [-0.1, -0.05) is 0 Å². The summed E-state index contributed by atoms with van der Waals surface area (Å²) >= 11 is 0. The molecule has 18 heavy (non-hydrogen) atoms. The summed E-state index contributed by atoms with van der Waals surface area (Å²) in [6, 6.07) is 2.52. The van der Waals surface area contributed by atoms with Crippen LogP contribution in [0.2, 0.25) is 0 Å². The second-order valence-electron chi connectivity index (χ2n) is 4.02. The van der Waals surface area contributed by atoms with Crippen LogP contribution in [0.15, 0.2) is 18.3 Å². The summed E-state index contributed by atoms with van der Waals surface area (Å²) in [6.07, 6.45) is 0.960. The Labute approximate surface area is 103 Å². The smallest absolute Gasteiger partial charge is 0.305 e. The van der Waals surface area contributed by atoms with Crippen molar-refractivity contribution in [3.05, 3.63) is 23.9 Å². The summed E-state index contributed by atoms with van der Waals surface area (Å²) in [5.74, 6) is -1.05. The molecule has 7 nitrogen and oxygen atoms in total.